The molecule has 2 amide bonds. The van der Waals surface area contributed by atoms with Crippen molar-refractivity contribution in [3.8, 4) is 5.75 Å². The number of hydrogen-bond acceptors (Lipinski definition) is 4. The molecule has 6 nitrogen and oxygen atoms in total. The van der Waals surface area contributed by atoms with E-state index in [0.29, 0.717) is 31.1 Å². The Morgan fingerprint density at radius 2 is 2.24 bits per heavy atom. The van der Waals surface area contributed by atoms with E-state index in [1.54, 1.807) is 18.1 Å². The minimum atomic E-state index is -0.319. The van der Waals surface area contributed by atoms with Gasteiger partial charge in [-0.2, -0.15) is 0 Å². The zero-order valence-corrected chi connectivity index (χ0v) is 12.2. The van der Waals surface area contributed by atoms with Gasteiger partial charge < -0.3 is 20.7 Å². The molecule has 2 rings (SSSR count). The number of para-hydroxylation sites is 2. The Hall–Kier alpha value is -2.08. The van der Waals surface area contributed by atoms with Gasteiger partial charge in [0.25, 0.3) is 0 Å². The average Bonchev–Trinajstić information content (AvgIpc) is 2.89. The molecule has 0 spiro atoms. The predicted molar refractivity (Wildman–Crippen MR) is 80.1 cm³/mol. The standard InChI is InChI=1S/C15H21N3O3/c1-21-13-6-3-2-5-12(13)18-10-11(9-14(18)19)15(20)17-8-4-7-16/h2-3,5-6,11H,4,7-10,16H2,1H3,(H,17,20). The van der Waals surface area contributed by atoms with Crippen LogP contribution in [0.4, 0.5) is 5.69 Å². The molecule has 1 aromatic carbocycles. The van der Waals surface area contributed by atoms with Gasteiger partial charge in [0.15, 0.2) is 0 Å². The lowest BCUT2D eigenvalue weighted by Gasteiger charge is -2.19. The van der Waals surface area contributed by atoms with Crippen molar-refractivity contribution >= 4 is 17.5 Å². The summed E-state index contributed by atoms with van der Waals surface area (Å²) in [6.07, 6.45) is 0.967. The number of methoxy groups -OCH3 is 1. The fourth-order valence-electron chi connectivity index (χ4n) is 2.43. The van der Waals surface area contributed by atoms with Gasteiger partial charge in [-0.15, -0.1) is 0 Å². The van der Waals surface area contributed by atoms with E-state index >= 15 is 0 Å². The Balaban J connectivity index is 2.04. The van der Waals surface area contributed by atoms with Crippen LogP contribution in [0.15, 0.2) is 24.3 Å². The van der Waals surface area contributed by atoms with E-state index < -0.39 is 0 Å². The molecule has 0 aliphatic carbocycles. The van der Waals surface area contributed by atoms with Crippen LogP contribution < -0.4 is 20.7 Å². The third-order valence-corrected chi connectivity index (χ3v) is 3.55. The summed E-state index contributed by atoms with van der Waals surface area (Å²) < 4.78 is 5.27. The molecule has 6 heteroatoms. The lowest BCUT2D eigenvalue weighted by Crippen LogP contribution is -2.34. The van der Waals surface area contributed by atoms with E-state index in [1.807, 2.05) is 18.2 Å². The zero-order valence-electron chi connectivity index (χ0n) is 12.2. The van der Waals surface area contributed by atoms with Crippen LogP contribution in [0.3, 0.4) is 0 Å². The molecule has 1 unspecified atom stereocenters. The minimum absolute atomic E-state index is 0.0570. The number of nitrogens with two attached hydrogens (primary N) is 1. The molecular formula is C15H21N3O3. The third-order valence-electron chi connectivity index (χ3n) is 3.55. The molecular weight excluding hydrogens is 270 g/mol. The maximum atomic E-state index is 12.2. The number of hydrogen-bond donors (Lipinski definition) is 2. The van der Waals surface area contributed by atoms with Gasteiger partial charge in [0.1, 0.15) is 5.75 Å². The van der Waals surface area contributed by atoms with Crippen LogP contribution in [0, 0.1) is 5.92 Å². The van der Waals surface area contributed by atoms with E-state index in [9.17, 15) is 9.59 Å². The number of benzene rings is 1. The Labute approximate surface area is 124 Å². The topological polar surface area (TPSA) is 84.7 Å². The molecule has 0 saturated carbocycles. The number of nitrogens with one attached hydrogen (secondary N) is 1. The summed E-state index contributed by atoms with van der Waals surface area (Å²) in [6.45, 7) is 1.47. The van der Waals surface area contributed by atoms with Crippen LogP contribution in [0.5, 0.6) is 5.75 Å². The molecule has 21 heavy (non-hydrogen) atoms. The quantitative estimate of drug-likeness (QED) is 0.748. The zero-order chi connectivity index (χ0) is 15.2. The highest BCUT2D eigenvalue weighted by Gasteiger charge is 2.35. The highest BCUT2D eigenvalue weighted by molar-refractivity contribution is 6.01. The van der Waals surface area contributed by atoms with Crippen LogP contribution in [-0.2, 0) is 9.59 Å². The first kappa shape index (κ1) is 15.3. The number of ether oxygens (including phenoxy) is 1. The third kappa shape index (κ3) is 3.52. The monoisotopic (exact) mass is 291 g/mol. The van der Waals surface area contributed by atoms with Gasteiger partial charge in [-0.3, -0.25) is 9.59 Å². The number of nitrogens with zero attached hydrogens (tertiary/aromatic N) is 1. The number of carbonyl (C=O) groups excluding carboxylic acids is 2. The molecule has 0 bridgehead atoms. The molecule has 1 aromatic rings. The van der Waals surface area contributed by atoms with Crippen LogP contribution in [-0.4, -0.2) is 38.6 Å². The van der Waals surface area contributed by atoms with Gasteiger partial charge in [0, 0.05) is 19.5 Å². The fraction of sp³-hybridized carbons (Fsp3) is 0.467. The second kappa shape index (κ2) is 7.08. The van der Waals surface area contributed by atoms with E-state index in [0.717, 1.165) is 6.42 Å². The average molecular weight is 291 g/mol. The Morgan fingerprint density at radius 3 is 2.95 bits per heavy atom. The lowest BCUT2D eigenvalue weighted by molar-refractivity contribution is -0.126. The number of rotatable bonds is 6. The highest BCUT2D eigenvalue weighted by atomic mass is 16.5. The summed E-state index contributed by atoms with van der Waals surface area (Å²) in [7, 11) is 1.57. The molecule has 3 N–H and O–H groups in total. The predicted octanol–water partition coefficient (Wildman–Crippen LogP) is 0.513. The van der Waals surface area contributed by atoms with Gasteiger partial charge >= 0.3 is 0 Å². The van der Waals surface area contributed by atoms with Gasteiger partial charge in [-0.05, 0) is 25.1 Å². The van der Waals surface area contributed by atoms with Crippen molar-refractivity contribution in [2.75, 3.05) is 31.6 Å². The van der Waals surface area contributed by atoms with E-state index in [2.05, 4.69) is 5.32 Å². The molecule has 0 aromatic heterocycles. The number of anilines is 1. The first-order valence-corrected chi connectivity index (χ1v) is 7.08. The smallest absolute Gasteiger partial charge is 0.227 e. The summed E-state index contributed by atoms with van der Waals surface area (Å²) >= 11 is 0. The number of amides is 2. The largest absolute Gasteiger partial charge is 0.495 e. The minimum Gasteiger partial charge on any atom is -0.495 e. The van der Waals surface area contributed by atoms with Gasteiger partial charge in [0.2, 0.25) is 11.8 Å². The normalized spacial score (nSPS) is 17.9. The summed E-state index contributed by atoms with van der Waals surface area (Å²) in [5.41, 5.74) is 6.10. The maximum absolute atomic E-state index is 12.2. The van der Waals surface area contributed by atoms with Crippen LogP contribution in [0.2, 0.25) is 0 Å². The Bertz CT molecular complexity index is 519. The van der Waals surface area contributed by atoms with Crippen molar-refractivity contribution in [1.29, 1.82) is 0 Å². The molecule has 1 atom stereocenters. The van der Waals surface area contributed by atoms with E-state index in [1.165, 1.54) is 0 Å². The summed E-state index contributed by atoms with van der Waals surface area (Å²) in [5, 5.41) is 2.82. The van der Waals surface area contributed by atoms with Crippen LogP contribution in [0.25, 0.3) is 0 Å². The van der Waals surface area contributed by atoms with E-state index in [4.69, 9.17) is 10.5 Å². The van der Waals surface area contributed by atoms with Crippen LogP contribution in [0.1, 0.15) is 12.8 Å². The van der Waals surface area contributed by atoms with Crippen molar-refractivity contribution in [2.24, 2.45) is 11.7 Å². The first-order chi connectivity index (χ1) is 10.2. The SMILES string of the molecule is COc1ccccc1N1CC(C(=O)NCCCN)CC1=O. The number of carbonyl (C=O) groups is 2. The van der Waals surface area contributed by atoms with Gasteiger partial charge in [-0.25, -0.2) is 0 Å². The Kier molecular flexibility index (Phi) is 5.16. The van der Waals surface area contributed by atoms with Crippen molar-refractivity contribution in [1.82, 2.24) is 5.32 Å². The molecule has 1 heterocycles. The molecule has 0 radical (unpaired) electrons. The van der Waals surface area contributed by atoms with Crippen molar-refractivity contribution < 1.29 is 14.3 Å². The molecule has 1 fully saturated rings. The summed E-state index contributed by atoms with van der Waals surface area (Å²) in [5.74, 6) is 0.169. The molecule has 1 aliphatic rings. The van der Waals surface area contributed by atoms with Crippen molar-refractivity contribution in [3.05, 3.63) is 24.3 Å². The molecule has 114 valence electrons. The second-order valence-corrected chi connectivity index (χ2v) is 5.01. The first-order valence-electron chi connectivity index (χ1n) is 7.08. The van der Waals surface area contributed by atoms with Crippen molar-refractivity contribution in [3.63, 3.8) is 0 Å². The van der Waals surface area contributed by atoms with Crippen molar-refractivity contribution in [2.45, 2.75) is 12.8 Å². The van der Waals surface area contributed by atoms with Gasteiger partial charge in [-0.1, -0.05) is 12.1 Å². The molecule has 1 aliphatic heterocycles. The van der Waals surface area contributed by atoms with E-state index in [-0.39, 0.29) is 24.2 Å². The van der Waals surface area contributed by atoms with Gasteiger partial charge in [0.05, 0.1) is 18.7 Å². The highest BCUT2D eigenvalue weighted by Crippen LogP contribution is 2.32. The second-order valence-electron chi connectivity index (χ2n) is 5.01. The Morgan fingerprint density at radius 1 is 1.48 bits per heavy atom. The maximum Gasteiger partial charge on any atom is 0.227 e. The fourth-order valence-corrected chi connectivity index (χ4v) is 2.43. The van der Waals surface area contributed by atoms with Crippen LogP contribution >= 0.6 is 0 Å². The lowest BCUT2D eigenvalue weighted by atomic mass is 10.1. The summed E-state index contributed by atoms with van der Waals surface area (Å²) in [4.78, 5) is 25.8. The summed E-state index contributed by atoms with van der Waals surface area (Å²) in [6, 6.07) is 7.32. The molecule has 1 saturated heterocycles.